The average molecular weight is 773 g/mol. The van der Waals surface area contributed by atoms with Crippen LogP contribution in [0.15, 0.2) is 39.5 Å². The van der Waals surface area contributed by atoms with Gasteiger partial charge in [0.05, 0.1) is 19.3 Å². The van der Waals surface area contributed by atoms with E-state index in [1.807, 2.05) is 0 Å². The smallest absolute Gasteiger partial charge is 0.239 e. The molecule has 3 aromatic rings. The summed E-state index contributed by atoms with van der Waals surface area (Å²) in [6, 6.07) is 5.31. The number of ether oxygens (including phenoxy) is 6. The molecule has 0 saturated carbocycles. The Labute approximate surface area is 303 Å². The van der Waals surface area contributed by atoms with E-state index in [1.165, 1.54) is 13.0 Å². The third-order valence-electron chi connectivity index (χ3n) is 9.36. The summed E-state index contributed by atoms with van der Waals surface area (Å²) in [5.74, 6) is -3.39. The monoisotopic (exact) mass is 772 g/mol. The number of rotatable bonds is 9. The van der Waals surface area contributed by atoms with Gasteiger partial charge in [0.15, 0.2) is 17.3 Å². The van der Waals surface area contributed by atoms with Gasteiger partial charge in [-0.2, -0.15) is 0 Å². The fourth-order valence-electron chi connectivity index (χ4n) is 6.20. The molecular formula is C33H40O21. The SMILES string of the molecule is CC1OC(Oc2ccc(-c3oc4cc(OC5OC(CO)C(O)C(O)C5O)cc(O)c4c(=O)c3OC3OC(CO)C(O)C(O)C3O)cc2O)C(O)C(O)C1O. The van der Waals surface area contributed by atoms with Gasteiger partial charge < -0.3 is 99.2 Å². The van der Waals surface area contributed by atoms with E-state index in [0.29, 0.717) is 0 Å². The van der Waals surface area contributed by atoms with Crippen LogP contribution in [-0.2, 0) is 14.2 Å². The molecule has 4 heterocycles. The molecule has 3 aliphatic rings. The van der Waals surface area contributed by atoms with E-state index < -0.39 is 145 Å². The van der Waals surface area contributed by atoms with Crippen molar-refractivity contribution in [1.82, 2.24) is 0 Å². The van der Waals surface area contributed by atoms with Gasteiger partial charge in [-0.25, -0.2) is 0 Å². The predicted octanol–water partition coefficient (Wildman–Crippen LogP) is -4.57. The molecule has 3 fully saturated rings. The quantitative estimate of drug-likeness (QED) is 0.0973. The largest absolute Gasteiger partial charge is 0.507 e. The van der Waals surface area contributed by atoms with Crippen molar-refractivity contribution in [2.75, 3.05) is 13.2 Å². The number of phenolic OH excluding ortho intramolecular Hbond substituents is 2. The molecule has 3 saturated heterocycles. The van der Waals surface area contributed by atoms with Crippen LogP contribution >= 0.6 is 0 Å². The summed E-state index contributed by atoms with van der Waals surface area (Å²) in [5, 5.41) is 133. The number of aromatic hydroxyl groups is 2. The molecule has 21 heteroatoms. The summed E-state index contributed by atoms with van der Waals surface area (Å²) in [4.78, 5) is 14.1. The first kappa shape index (κ1) is 39.8. The van der Waals surface area contributed by atoms with Crippen LogP contribution in [0.4, 0.5) is 0 Å². The first-order valence-corrected chi connectivity index (χ1v) is 16.5. The Morgan fingerprint density at radius 1 is 0.611 bits per heavy atom. The average Bonchev–Trinajstić information content (AvgIpc) is 3.14. The lowest BCUT2D eigenvalue weighted by Gasteiger charge is -2.39. The molecule has 21 nitrogen and oxygen atoms in total. The highest BCUT2D eigenvalue weighted by Crippen LogP contribution is 2.41. The molecule has 15 atom stereocenters. The van der Waals surface area contributed by atoms with Crippen LogP contribution < -0.4 is 19.6 Å². The van der Waals surface area contributed by atoms with Crippen molar-refractivity contribution in [3.05, 3.63) is 40.6 Å². The number of phenols is 2. The van der Waals surface area contributed by atoms with Crippen molar-refractivity contribution in [2.45, 2.75) is 99.0 Å². The molecule has 0 aliphatic carbocycles. The molecule has 0 radical (unpaired) electrons. The van der Waals surface area contributed by atoms with E-state index >= 15 is 0 Å². The number of aliphatic hydroxyl groups is 11. The minimum absolute atomic E-state index is 0.146. The molecule has 0 amide bonds. The number of aliphatic hydroxyl groups excluding tert-OH is 11. The van der Waals surface area contributed by atoms with E-state index in [1.54, 1.807) is 0 Å². The van der Waals surface area contributed by atoms with E-state index in [2.05, 4.69) is 0 Å². The van der Waals surface area contributed by atoms with Crippen LogP contribution in [0.3, 0.4) is 0 Å². The maximum absolute atomic E-state index is 14.1. The minimum atomic E-state index is -2.00. The van der Waals surface area contributed by atoms with Crippen LogP contribution in [0.25, 0.3) is 22.3 Å². The Morgan fingerprint density at radius 2 is 1.15 bits per heavy atom. The van der Waals surface area contributed by atoms with E-state index in [9.17, 15) is 71.2 Å². The first-order chi connectivity index (χ1) is 25.6. The lowest BCUT2D eigenvalue weighted by molar-refractivity contribution is -0.277. The number of benzene rings is 2. The Kier molecular flexibility index (Phi) is 11.5. The maximum Gasteiger partial charge on any atom is 0.239 e. The number of hydrogen-bond acceptors (Lipinski definition) is 21. The summed E-state index contributed by atoms with van der Waals surface area (Å²) in [6.45, 7) is -0.195. The normalized spacial score (nSPS) is 37.2. The van der Waals surface area contributed by atoms with Crippen LogP contribution in [-0.4, -0.2) is 172 Å². The molecule has 3 aliphatic heterocycles. The van der Waals surface area contributed by atoms with Crippen LogP contribution in [0.5, 0.6) is 28.7 Å². The van der Waals surface area contributed by atoms with Crippen LogP contribution in [0.1, 0.15) is 6.92 Å². The van der Waals surface area contributed by atoms with Gasteiger partial charge in [-0.3, -0.25) is 4.79 Å². The minimum Gasteiger partial charge on any atom is -0.507 e. The number of fused-ring (bicyclic) bond motifs is 1. The fraction of sp³-hybridized carbons (Fsp3) is 0.545. The zero-order chi connectivity index (χ0) is 39.3. The van der Waals surface area contributed by atoms with Gasteiger partial charge in [-0.05, 0) is 25.1 Å². The summed E-state index contributed by atoms with van der Waals surface area (Å²) in [6.07, 6.45) is -24.9. The van der Waals surface area contributed by atoms with Gasteiger partial charge in [0, 0.05) is 17.7 Å². The van der Waals surface area contributed by atoms with Gasteiger partial charge >= 0.3 is 0 Å². The second-order valence-electron chi connectivity index (χ2n) is 13.0. The van der Waals surface area contributed by atoms with Crippen molar-refractivity contribution >= 4 is 11.0 Å². The van der Waals surface area contributed by atoms with Gasteiger partial charge in [0.1, 0.15) is 89.6 Å². The Morgan fingerprint density at radius 3 is 1.70 bits per heavy atom. The molecule has 13 N–H and O–H groups in total. The molecule has 6 rings (SSSR count). The lowest BCUT2D eigenvalue weighted by atomic mass is 9.99. The van der Waals surface area contributed by atoms with Crippen LogP contribution in [0.2, 0.25) is 0 Å². The van der Waals surface area contributed by atoms with Gasteiger partial charge in [0.2, 0.25) is 30.0 Å². The molecular weight excluding hydrogens is 732 g/mol. The van der Waals surface area contributed by atoms with Gasteiger partial charge in [0.25, 0.3) is 0 Å². The Hall–Kier alpha value is -3.91. The molecule has 15 unspecified atom stereocenters. The molecule has 1 aromatic heterocycles. The van der Waals surface area contributed by atoms with E-state index in [4.69, 9.17) is 32.8 Å². The van der Waals surface area contributed by atoms with Crippen molar-refractivity contribution in [2.24, 2.45) is 0 Å². The predicted molar refractivity (Wildman–Crippen MR) is 173 cm³/mol. The number of hydrogen-bond donors (Lipinski definition) is 13. The summed E-state index contributed by atoms with van der Waals surface area (Å²) >= 11 is 0. The summed E-state index contributed by atoms with van der Waals surface area (Å²) in [7, 11) is 0. The Bertz CT molecular complexity index is 1850. The molecule has 0 bridgehead atoms. The van der Waals surface area contributed by atoms with Crippen molar-refractivity contribution < 1.29 is 99.2 Å². The fourth-order valence-corrected chi connectivity index (χ4v) is 6.20. The standard InChI is InChI=1S/C33H40O21/c1-9-19(38)23(42)26(45)31(48-9)51-14-3-2-10(4-12(14)36)29-30(54-33-28(47)25(44)21(40)17(8-35)53-33)22(41)18-13(37)5-11(6-15(18)50-29)49-32-27(46)24(43)20(39)16(7-34)52-32/h2-6,9,16-17,19-21,23-28,31-40,42-47H,7-8H2,1H3. The third-order valence-corrected chi connectivity index (χ3v) is 9.36. The Balaban J connectivity index is 1.41. The molecule has 54 heavy (non-hydrogen) atoms. The molecule has 2 aromatic carbocycles. The maximum atomic E-state index is 14.1. The molecule has 0 spiro atoms. The highest BCUT2D eigenvalue weighted by molar-refractivity contribution is 5.88. The first-order valence-electron chi connectivity index (χ1n) is 16.5. The van der Waals surface area contributed by atoms with Crippen molar-refractivity contribution in [1.29, 1.82) is 0 Å². The third kappa shape index (κ3) is 7.27. The second-order valence-corrected chi connectivity index (χ2v) is 13.0. The van der Waals surface area contributed by atoms with Crippen LogP contribution in [0, 0.1) is 0 Å². The highest BCUT2D eigenvalue weighted by Gasteiger charge is 2.47. The summed E-state index contributed by atoms with van der Waals surface area (Å²) < 4.78 is 39.0. The highest BCUT2D eigenvalue weighted by atomic mass is 16.7. The van der Waals surface area contributed by atoms with E-state index in [0.717, 1.165) is 24.3 Å². The lowest BCUT2D eigenvalue weighted by Crippen LogP contribution is -2.60. The summed E-state index contributed by atoms with van der Waals surface area (Å²) in [5.41, 5.74) is -1.69. The van der Waals surface area contributed by atoms with E-state index in [-0.39, 0.29) is 17.1 Å². The zero-order valence-electron chi connectivity index (χ0n) is 28.0. The van der Waals surface area contributed by atoms with Gasteiger partial charge in [-0.15, -0.1) is 0 Å². The van der Waals surface area contributed by atoms with Gasteiger partial charge in [-0.1, -0.05) is 0 Å². The zero-order valence-corrected chi connectivity index (χ0v) is 28.0. The second kappa shape index (κ2) is 15.7. The molecule has 298 valence electrons. The van der Waals surface area contributed by atoms with Crippen molar-refractivity contribution in [3.63, 3.8) is 0 Å². The van der Waals surface area contributed by atoms with Crippen molar-refractivity contribution in [3.8, 4) is 40.1 Å². The topological polar surface area (TPSA) is 349 Å².